The van der Waals surface area contributed by atoms with Crippen LogP contribution in [0.15, 0.2) is 28.7 Å². The van der Waals surface area contributed by atoms with Gasteiger partial charge in [-0.15, -0.1) is 0 Å². The van der Waals surface area contributed by atoms with Crippen molar-refractivity contribution in [3.8, 4) is 0 Å². The van der Waals surface area contributed by atoms with Gasteiger partial charge in [0.2, 0.25) is 11.6 Å². The number of hydrogen-bond acceptors (Lipinski definition) is 5. The van der Waals surface area contributed by atoms with E-state index in [1.165, 1.54) is 12.1 Å². The summed E-state index contributed by atoms with van der Waals surface area (Å²) in [6.45, 7) is -0.170. The van der Waals surface area contributed by atoms with Crippen LogP contribution in [0.2, 0.25) is 0 Å². The Morgan fingerprint density at radius 2 is 2.10 bits per heavy atom. The molecule has 7 nitrogen and oxygen atoms in total. The van der Waals surface area contributed by atoms with Crippen molar-refractivity contribution in [1.29, 1.82) is 0 Å². The molecular formula is C12H8F2N2O5. The predicted molar refractivity (Wildman–Crippen MR) is 66.0 cm³/mol. The number of aromatic carboxylic acids is 1. The third-order valence-electron chi connectivity index (χ3n) is 2.54. The summed E-state index contributed by atoms with van der Waals surface area (Å²) in [7, 11) is 0. The van der Waals surface area contributed by atoms with Crippen LogP contribution in [0.25, 0.3) is 0 Å². The second-order valence-electron chi connectivity index (χ2n) is 3.97. The molecule has 9 heteroatoms. The van der Waals surface area contributed by atoms with Crippen LogP contribution >= 0.6 is 0 Å². The van der Waals surface area contributed by atoms with E-state index >= 15 is 0 Å². The number of rotatable bonds is 5. The maximum atomic E-state index is 13.4. The second-order valence-corrected chi connectivity index (χ2v) is 3.97. The number of nitro groups is 1. The van der Waals surface area contributed by atoms with E-state index in [0.717, 1.165) is 6.07 Å². The van der Waals surface area contributed by atoms with Crippen LogP contribution in [-0.4, -0.2) is 16.0 Å². The van der Waals surface area contributed by atoms with Crippen LogP contribution in [0.5, 0.6) is 0 Å². The van der Waals surface area contributed by atoms with Crippen LogP contribution in [-0.2, 0) is 6.54 Å². The molecule has 1 aromatic carbocycles. The molecule has 0 aliphatic heterocycles. The molecule has 1 aromatic heterocycles. The summed E-state index contributed by atoms with van der Waals surface area (Å²) < 4.78 is 31.4. The first-order valence-corrected chi connectivity index (χ1v) is 5.58. The van der Waals surface area contributed by atoms with Crippen LogP contribution in [0.3, 0.4) is 0 Å². The summed E-state index contributed by atoms with van der Waals surface area (Å²) in [5.74, 6) is -3.73. The lowest BCUT2D eigenvalue weighted by Gasteiger charge is -2.06. The normalized spacial score (nSPS) is 10.4. The van der Waals surface area contributed by atoms with Gasteiger partial charge in [-0.05, 0) is 12.1 Å². The average Bonchev–Trinajstić information content (AvgIpc) is 2.83. The maximum absolute atomic E-state index is 13.4. The lowest BCUT2D eigenvalue weighted by Crippen LogP contribution is -2.04. The van der Waals surface area contributed by atoms with E-state index in [2.05, 4.69) is 5.32 Å². The molecule has 0 saturated carbocycles. The molecule has 0 radical (unpaired) electrons. The second kappa shape index (κ2) is 5.57. The number of halogens is 2. The van der Waals surface area contributed by atoms with Gasteiger partial charge in [0.1, 0.15) is 17.3 Å². The Bertz CT molecular complexity index is 714. The van der Waals surface area contributed by atoms with Crippen LogP contribution in [0, 0.1) is 21.7 Å². The fourth-order valence-corrected chi connectivity index (χ4v) is 1.66. The first-order chi connectivity index (χ1) is 9.88. The molecule has 2 N–H and O–H groups in total. The number of nitro benzene ring substituents is 1. The molecule has 0 bridgehead atoms. The number of furan rings is 1. The molecule has 0 fully saturated rings. The molecule has 0 atom stereocenters. The first-order valence-electron chi connectivity index (χ1n) is 5.58. The highest BCUT2D eigenvalue weighted by atomic mass is 19.1. The third kappa shape index (κ3) is 3.14. The first kappa shape index (κ1) is 14.4. The third-order valence-corrected chi connectivity index (χ3v) is 2.54. The summed E-state index contributed by atoms with van der Waals surface area (Å²) in [6.07, 6.45) is 0. The number of carboxylic acids is 1. The van der Waals surface area contributed by atoms with E-state index < -0.39 is 28.2 Å². The summed E-state index contributed by atoms with van der Waals surface area (Å²) in [6, 6.07) is 3.69. The van der Waals surface area contributed by atoms with Gasteiger partial charge in [0.15, 0.2) is 0 Å². The van der Waals surface area contributed by atoms with Crippen LogP contribution in [0.1, 0.15) is 16.3 Å². The number of nitrogens with one attached hydrogen (secondary N) is 1. The van der Waals surface area contributed by atoms with Crippen LogP contribution < -0.4 is 5.32 Å². The molecule has 0 aliphatic rings. The van der Waals surface area contributed by atoms with Crippen LogP contribution in [0.4, 0.5) is 20.2 Å². The maximum Gasteiger partial charge on any atom is 0.371 e. The SMILES string of the molecule is O=C(O)c1ccc(CNc2cc(F)cc(F)c2[N+](=O)[O-])o1. The number of carboxylic acid groups (broad SMARTS) is 1. The minimum atomic E-state index is -1.31. The minimum absolute atomic E-state index is 0.145. The molecule has 110 valence electrons. The fraction of sp³-hybridized carbons (Fsp3) is 0.0833. The van der Waals surface area contributed by atoms with E-state index in [-0.39, 0.29) is 23.8 Å². The molecule has 2 aromatic rings. The number of carbonyl (C=O) groups is 1. The van der Waals surface area contributed by atoms with Gasteiger partial charge in [-0.1, -0.05) is 0 Å². The van der Waals surface area contributed by atoms with Crippen molar-refractivity contribution in [3.63, 3.8) is 0 Å². The standard InChI is InChI=1S/C12H8F2N2O5/c13-6-3-8(14)11(16(19)20)9(4-6)15-5-7-1-2-10(21-7)12(17)18/h1-4,15H,5H2,(H,17,18). The highest BCUT2D eigenvalue weighted by molar-refractivity contribution is 5.84. The fourth-order valence-electron chi connectivity index (χ4n) is 1.66. The van der Waals surface area contributed by atoms with Gasteiger partial charge in [-0.2, -0.15) is 4.39 Å². The van der Waals surface area contributed by atoms with Crippen molar-refractivity contribution in [2.45, 2.75) is 6.54 Å². The number of benzene rings is 1. The Morgan fingerprint density at radius 1 is 1.38 bits per heavy atom. The lowest BCUT2D eigenvalue weighted by atomic mass is 10.2. The van der Waals surface area contributed by atoms with Gasteiger partial charge >= 0.3 is 11.7 Å². The number of nitrogens with zero attached hydrogens (tertiary/aromatic N) is 1. The number of hydrogen-bond donors (Lipinski definition) is 2. The summed E-state index contributed by atoms with van der Waals surface area (Å²) in [5, 5.41) is 21.9. The Hall–Kier alpha value is -2.97. The average molecular weight is 298 g/mol. The smallest absolute Gasteiger partial charge is 0.371 e. The Balaban J connectivity index is 2.22. The molecule has 0 aliphatic carbocycles. The number of anilines is 1. The van der Waals surface area contributed by atoms with E-state index in [9.17, 15) is 23.7 Å². The Kier molecular flexibility index (Phi) is 3.83. The van der Waals surface area contributed by atoms with Crippen molar-refractivity contribution in [3.05, 3.63) is 57.5 Å². The van der Waals surface area contributed by atoms with Gasteiger partial charge in [0.25, 0.3) is 0 Å². The predicted octanol–water partition coefficient (Wildman–Crippen LogP) is 2.78. The van der Waals surface area contributed by atoms with Crippen molar-refractivity contribution in [1.82, 2.24) is 0 Å². The lowest BCUT2D eigenvalue weighted by molar-refractivity contribution is -0.386. The van der Waals surface area contributed by atoms with Crippen molar-refractivity contribution in [2.24, 2.45) is 0 Å². The Morgan fingerprint density at radius 3 is 2.67 bits per heavy atom. The Labute approximate surface area is 116 Å². The molecule has 0 saturated heterocycles. The van der Waals surface area contributed by atoms with Gasteiger partial charge in [0, 0.05) is 12.1 Å². The van der Waals surface area contributed by atoms with Crippen molar-refractivity contribution in [2.75, 3.05) is 5.32 Å². The quantitative estimate of drug-likeness (QED) is 0.649. The van der Waals surface area contributed by atoms with Gasteiger partial charge in [-0.3, -0.25) is 10.1 Å². The van der Waals surface area contributed by atoms with Gasteiger partial charge in [-0.25, -0.2) is 9.18 Å². The molecule has 0 amide bonds. The molecule has 0 unspecified atom stereocenters. The summed E-state index contributed by atoms with van der Waals surface area (Å²) >= 11 is 0. The van der Waals surface area contributed by atoms with E-state index in [0.29, 0.717) is 6.07 Å². The zero-order chi connectivity index (χ0) is 15.6. The van der Waals surface area contributed by atoms with Crippen molar-refractivity contribution >= 4 is 17.3 Å². The largest absolute Gasteiger partial charge is 0.475 e. The highest BCUT2D eigenvalue weighted by Gasteiger charge is 2.22. The molecular weight excluding hydrogens is 290 g/mol. The molecule has 0 spiro atoms. The van der Waals surface area contributed by atoms with Gasteiger partial charge in [0.05, 0.1) is 11.5 Å². The van der Waals surface area contributed by atoms with Gasteiger partial charge < -0.3 is 14.8 Å². The van der Waals surface area contributed by atoms with E-state index in [1.54, 1.807) is 0 Å². The zero-order valence-electron chi connectivity index (χ0n) is 10.3. The minimum Gasteiger partial charge on any atom is -0.475 e. The van der Waals surface area contributed by atoms with E-state index in [4.69, 9.17) is 9.52 Å². The molecule has 1 heterocycles. The molecule has 2 rings (SSSR count). The topological polar surface area (TPSA) is 106 Å². The monoisotopic (exact) mass is 298 g/mol. The zero-order valence-corrected chi connectivity index (χ0v) is 10.3. The highest BCUT2D eigenvalue weighted by Crippen LogP contribution is 2.29. The summed E-state index contributed by atoms with van der Waals surface area (Å²) in [4.78, 5) is 20.4. The summed E-state index contributed by atoms with van der Waals surface area (Å²) in [5.41, 5.74) is -1.27. The molecule has 21 heavy (non-hydrogen) atoms. The van der Waals surface area contributed by atoms with E-state index in [1.807, 2.05) is 0 Å². The van der Waals surface area contributed by atoms with Crippen molar-refractivity contribution < 1.29 is 28.0 Å².